The molecule has 0 aliphatic heterocycles. The molecule has 0 amide bonds. The number of nitrogen functional groups attached to an aromatic ring is 1. The van der Waals surface area contributed by atoms with Crippen molar-refractivity contribution in [2.45, 2.75) is 0 Å². The molecule has 2 aromatic heterocycles. The normalized spacial score (nSPS) is 10.2. The molecule has 0 fully saturated rings. The molecule has 0 aliphatic rings. The monoisotopic (exact) mass is 195 g/mol. The maximum atomic E-state index is 5.70. The average Bonchev–Trinajstić information content (AvgIpc) is 2.53. The zero-order valence-corrected chi connectivity index (χ0v) is 7.31. The Morgan fingerprint density at radius 3 is 2.85 bits per heavy atom. The molecular weight excluding hydrogens is 190 g/mol. The summed E-state index contributed by atoms with van der Waals surface area (Å²) in [6.45, 7) is 0. The van der Waals surface area contributed by atoms with Gasteiger partial charge in [-0.3, -0.25) is 0 Å². The minimum Gasteiger partial charge on any atom is -0.394 e. The number of aromatic nitrogens is 4. The molecule has 5 nitrogen and oxygen atoms in total. The molecule has 6 heteroatoms. The van der Waals surface area contributed by atoms with E-state index in [1.54, 1.807) is 6.20 Å². The van der Waals surface area contributed by atoms with Gasteiger partial charge in [0.15, 0.2) is 5.82 Å². The lowest BCUT2D eigenvalue weighted by Gasteiger charge is -2.01. The van der Waals surface area contributed by atoms with Gasteiger partial charge in [-0.2, -0.15) is 5.10 Å². The number of hydrogen-bond donors (Lipinski definition) is 1. The van der Waals surface area contributed by atoms with Crippen molar-refractivity contribution >= 4 is 17.3 Å². The summed E-state index contributed by atoms with van der Waals surface area (Å²) in [4.78, 5) is 7.73. The molecule has 66 valence electrons. The van der Waals surface area contributed by atoms with E-state index in [0.717, 1.165) is 0 Å². The van der Waals surface area contributed by atoms with Gasteiger partial charge in [-0.1, -0.05) is 11.6 Å². The highest BCUT2D eigenvalue weighted by Crippen LogP contribution is 2.13. The summed E-state index contributed by atoms with van der Waals surface area (Å²) in [7, 11) is 0. The van der Waals surface area contributed by atoms with E-state index in [2.05, 4.69) is 15.1 Å². The summed E-state index contributed by atoms with van der Waals surface area (Å²) in [5, 5.41) is 4.50. The summed E-state index contributed by atoms with van der Waals surface area (Å²) in [6, 6.07) is 0. The molecule has 0 aromatic carbocycles. The van der Waals surface area contributed by atoms with Gasteiger partial charge in [0.1, 0.15) is 6.33 Å². The largest absolute Gasteiger partial charge is 0.394 e. The first-order chi connectivity index (χ1) is 6.27. The van der Waals surface area contributed by atoms with Crippen LogP contribution in [0.5, 0.6) is 0 Å². The van der Waals surface area contributed by atoms with Crippen LogP contribution >= 0.6 is 11.6 Å². The molecule has 2 heterocycles. The van der Waals surface area contributed by atoms with Crippen LogP contribution in [0, 0.1) is 0 Å². The predicted octanol–water partition coefficient (Wildman–Crippen LogP) is 0.898. The minimum absolute atomic E-state index is 0.460. The first-order valence-electron chi connectivity index (χ1n) is 3.53. The quantitative estimate of drug-likeness (QED) is 0.734. The molecular formula is C7H6ClN5. The molecule has 0 bridgehead atoms. The summed E-state index contributed by atoms with van der Waals surface area (Å²) in [6.07, 6.45) is 6.06. The van der Waals surface area contributed by atoms with Crippen molar-refractivity contribution < 1.29 is 0 Å². The van der Waals surface area contributed by atoms with Gasteiger partial charge in [0.25, 0.3) is 0 Å². The number of rotatable bonds is 1. The number of anilines is 1. The summed E-state index contributed by atoms with van der Waals surface area (Å²) >= 11 is 5.70. The highest BCUT2D eigenvalue weighted by Gasteiger charge is 2.03. The third-order valence-electron chi connectivity index (χ3n) is 1.49. The van der Waals surface area contributed by atoms with Crippen molar-refractivity contribution in [1.29, 1.82) is 0 Å². The molecule has 13 heavy (non-hydrogen) atoms. The van der Waals surface area contributed by atoms with E-state index in [1.807, 2.05) is 0 Å². The number of halogens is 1. The van der Waals surface area contributed by atoms with Gasteiger partial charge >= 0.3 is 0 Å². The van der Waals surface area contributed by atoms with Crippen molar-refractivity contribution in [2.24, 2.45) is 0 Å². The maximum Gasteiger partial charge on any atom is 0.179 e. The van der Waals surface area contributed by atoms with Crippen molar-refractivity contribution in [1.82, 2.24) is 19.7 Å². The van der Waals surface area contributed by atoms with Crippen LogP contribution in [-0.4, -0.2) is 19.7 Å². The van der Waals surface area contributed by atoms with Gasteiger partial charge in [-0.25, -0.2) is 14.6 Å². The Bertz CT molecular complexity index is 424. The van der Waals surface area contributed by atoms with Crippen LogP contribution < -0.4 is 5.73 Å². The first-order valence-corrected chi connectivity index (χ1v) is 3.91. The Kier molecular flexibility index (Phi) is 1.86. The van der Waals surface area contributed by atoms with Gasteiger partial charge in [-0.15, -0.1) is 0 Å². The first kappa shape index (κ1) is 8.00. The van der Waals surface area contributed by atoms with E-state index < -0.39 is 0 Å². The molecule has 2 rings (SSSR count). The molecule has 0 aliphatic carbocycles. The Morgan fingerprint density at radius 1 is 1.38 bits per heavy atom. The van der Waals surface area contributed by atoms with E-state index in [0.29, 0.717) is 16.5 Å². The fourth-order valence-corrected chi connectivity index (χ4v) is 1.08. The summed E-state index contributed by atoms with van der Waals surface area (Å²) < 4.78 is 1.50. The van der Waals surface area contributed by atoms with E-state index >= 15 is 0 Å². The Labute approximate surface area is 79.2 Å². The Hall–Kier alpha value is -1.62. The standard InChI is InChI=1S/C7H6ClN5/c8-5-1-12-13(3-5)7-6(9)2-10-4-11-7/h1-4H,9H2. The van der Waals surface area contributed by atoms with Crippen LogP contribution in [0.2, 0.25) is 5.02 Å². The predicted molar refractivity (Wildman–Crippen MR) is 48.6 cm³/mol. The van der Waals surface area contributed by atoms with Gasteiger partial charge in [0.2, 0.25) is 0 Å². The smallest absolute Gasteiger partial charge is 0.179 e. The van der Waals surface area contributed by atoms with Gasteiger partial charge < -0.3 is 5.73 Å². The lowest BCUT2D eigenvalue weighted by molar-refractivity contribution is 0.843. The lowest BCUT2D eigenvalue weighted by atomic mass is 10.5. The maximum absolute atomic E-state index is 5.70. The van der Waals surface area contributed by atoms with Gasteiger partial charge in [0, 0.05) is 0 Å². The zero-order valence-electron chi connectivity index (χ0n) is 6.55. The fraction of sp³-hybridized carbons (Fsp3) is 0. The highest BCUT2D eigenvalue weighted by atomic mass is 35.5. The third-order valence-corrected chi connectivity index (χ3v) is 1.68. The Balaban J connectivity index is 2.52. The topological polar surface area (TPSA) is 69.6 Å². The number of nitrogens with two attached hydrogens (primary N) is 1. The molecule has 0 saturated carbocycles. The van der Waals surface area contributed by atoms with Crippen LogP contribution in [-0.2, 0) is 0 Å². The van der Waals surface area contributed by atoms with Crippen molar-refractivity contribution in [3.63, 3.8) is 0 Å². The molecule has 2 N–H and O–H groups in total. The second-order valence-electron chi connectivity index (χ2n) is 2.40. The van der Waals surface area contributed by atoms with Crippen LogP contribution in [0.25, 0.3) is 5.82 Å². The van der Waals surface area contributed by atoms with Crippen LogP contribution in [0.1, 0.15) is 0 Å². The minimum atomic E-state index is 0.460. The SMILES string of the molecule is Nc1cncnc1-n1cc(Cl)cn1. The molecule has 0 saturated heterocycles. The summed E-state index contributed by atoms with van der Waals surface area (Å²) in [5.41, 5.74) is 6.09. The van der Waals surface area contributed by atoms with Crippen molar-refractivity contribution in [2.75, 3.05) is 5.73 Å². The van der Waals surface area contributed by atoms with Crippen molar-refractivity contribution in [3.05, 3.63) is 29.9 Å². The van der Waals surface area contributed by atoms with Gasteiger partial charge in [-0.05, 0) is 0 Å². The fourth-order valence-electron chi connectivity index (χ4n) is 0.942. The van der Waals surface area contributed by atoms with Crippen LogP contribution in [0.15, 0.2) is 24.9 Å². The van der Waals surface area contributed by atoms with Crippen molar-refractivity contribution in [3.8, 4) is 5.82 Å². The van der Waals surface area contributed by atoms with E-state index in [-0.39, 0.29) is 0 Å². The van der Waals surface area contributed by atoms with E-state index in [9.17, 15) is 0 Å². The second kappa shape index (κ2) is 3.02. The molecule has 0 radical (unpaired) electrons. The second-order valence-corrected chi connectivity index (χ2v) is 2.84. The third kappa shape index (κ3) is 1.46. The molecule has 0 atom stereocenters. The summed E-state index contributed by atoms with van der Waals surface area (Å²) in [5.74, 6) is 0.530. The number of hydrogen-bond acceptors (Lipinski definition) is 4. The highest BCUT2D eigenvalue weighted by molar-refractivity contribution is 6.30. The lowest BCUT2D eigenvalue weighted by Crippen LogP contribution is -2.03. The van der Waals surface area contributed by atoms with Crippen LogP contribution in [0.3, 0.4) is 0 Å². The van der Waals surface area contributed by atoms with Gasteiger partial charge in [0.05, 0.1) is 29.3 Å². The molecule has 0 spiro atoms. The van der Waals surface area contributed by atoms with E-state index in [1.165, 1.54) is 23.4 Å². The molecule has 2 aromatic rings. The molecule has 0 unspecified atom stereocenters. The zero-order chi connectivity index (χ0) is 9.26. The van der Waals surface area contributed by atoms with Crippen LogP contribution in [0.4, 0.5) is 5.69 Å². The average molecular weight is 196 g/mol. The Morgan fingerprint density at radius 2 is 2.23 bits per heavy atom. The number of nitrogens with zero attached hydrogens (tertiary/aromatic N) is 4. The van der Waals surface area contributed by atoms with E-state index in [4.69, 9.17) is 17.3 Å².